The number of hydrogen-bond donors (Lipinski definition) is 1. The van der Waals surface area contributed by atoms with Crippen LogP contribution in [-0.2, 0) is 16.1 Å². The lowest BCUT2D eigenvalue weighted by atomic mass is 9.99. The van der Waals surface area contributed by atoms with Gasteiger partial charge in [0.15, 0.2) is 5.82 Å². The molecule has 0 aromatic carbocycles. The van der Waals surface area contributed by atoms with Crippen LogP contribution in [0.25, 0.3) is 0 Å². The van der Waals surface area contributed by atoms with Crippen LogP contribution >= 0.6 is 0 Å². The molecule has 1 N–H and O–H groups in total. The van der Waals surface area contributed by atoms with E-state index in [0.29, 0.717) is 24.6 Å². The number of aromatic nitrogens is 5. The summed E-state index contributed by atoms with van der Waals surface area (Å²) >= 11 is 0. The SMILES string of the molecule is CC(=O)O.C[C@H]1CN(C(=O)c2ccnnc2)Cc2nnc(C3CCOCC3)n21. The van der Waals surface area contributed by atoms with Crippen LogP contribution in [0.4, 0.5) is 0 Å². The van der Waals surface area contributed by atoms with Crippen LogP contribution in [0, 0.1) is 0 Å². The maximum absolute atomic E-state index is 12.6. The summed E-state index contributed by atoms with van der Waals surface area (Å²) < 4.78 is 7.66. The van der Waals surface area contributed by atoms with Gasteiger partial charge in [-0.15, -0.1) is 10.2 Å². The maximum Gasteiger partial charge on any atom is 0.300 e. The van der Waals surface area contributed by atoms with E-state index in [1.54, 1.807) is 11.0 Å². The van der Waals surface area contributed by atoms with Crippen molar-refractivity contribution in [1.82, 2.24) is 29.9 Å². The summed E-state index contributed by atoms with van der Waals surface area (Å²) in [6.07, 6.45) is 5.00. The Bertz CT molecular complexity index is 815. The van der Waals surface area contributed by atoms with Gasteiger partial charge < -0.3 is 19.3 Å². The molecule has 0 saturated carbocycles. The van der Waals surface area contributed by atoms with E-state index in [2.05, 4.69) is 31.9 Å². The zero-order valence-corrected chi connectivity index (χ0v) is 16.0. The molecule has 2 aliphatic heterocycles. The second kappa shape index (κ2) is 8.87. The highest BCUT2D eigenvalue weighted by Crippen LogP contribution is 2.31. The van der Waals surface area contributed by atoms with Crippen molar-refractivity contribution in [3.8, 4) is 0 Å². The lowest BCUT2D eigenvalue weighted by molar-refractivity contribution is -0.134. The molecule has 1 fully saturated rings. The van der Waals surface area contributed by atoms with Gasteiger partial charge in [-0.05, 0) is 25.8 Å². The summed E-state index contributed by atoms with van der Waals surface area (Å²) in [5.74, 6) is 1.41. The van der Waals surface area contributed by atoms with Crippen LogP contribution in [0.15, 0.2) is 18.5 Å². The Morgan fingerprint density at radius 3 is 2.57 bits per heavy atom. The Morgan fingerprint density at radius 2 is 1.93 bits per heavy atom. The summed E-state index contributed by atoms with van der Waals surface area (Å²) in [5.41, 5.74) is 0.551. The van der Waals surface area contributed by atoms with Gasteiger partial charge in [0.1, 0.15) is 5.82 Å². The molecular formula is C18H24N6O4. The minimum Gasteiger partial charge on any atom is -0.481 e. The van der Waals surface area contributed by atoms with Gasteiger partial charge in [0.05, 0.1) is 30.5 Å². The number of carbonyl (C=O) groups excluding carboxylic acids is 1. The van der Waals surface area contributed by atoms with Gasteiger partial charge in [-0.3, -0.25) is 9.59 Å². The van der Waals surface area contributed by atoms with Crippen LogP contribution in [0.1, 0.15) is 60.7 Å². The van der Waals surface area contributed by atoms with Crippen LogP contribution in [0.2, 0.25) is 0 Å². The van der Waals surface area contributed by atoms with Gasteiger partial charge >= 0.3 is 0 Å². The molecule has 0 aliphatic carbocycles. The summed E-state index contributed by atoms with van der Waals surface area (Å²) in [7, 11) is 0. The predicted molar refractivity (Wildman–Crippen MR) is 97.6 cm³/mol. The van der Waals surface area contributed by atoms with E-state index in [0.717, 1.165) is 44.6 Å². The van der Waals surface area contributed by atoms with Crippen molar-refractivity contribution in [2.75, 3.05) is 19.8 Å². The summed E-state index contributed by atoms with van der Waals surface area (Å²) in [6, 6.07) is 1.84. The van der Waals surface area contributed by atoms with E-state index >= 15 is 0 Å². The molecule has 10 nitrogen and oxygen atoms in total. The molecule has 0 radical (unpaired) electrons. The summed E-state index contributed by atoms with van der Waals surface area (Å²) in [5, 5.41) is 23.7. The second-order valence-electron chi connectivity index (χ2n) is 6.92. The van der Waals surface area contributed by atoms with Gasteiger partial charge in [0, 0.05) is 32.6 Å². The Balaban J connectivity index is 0.000000516. The van der Waals surface area contributed by atoms with E-state index in [1.807, 2.05) is 0 Å². The largest absolute Gasteiger partial charge is 0.481 e. The highest BCUT2D eigenvalue weighted by molar-refractivity contribution is 5.93. The molecular weight excluding hydrogens is 364 g/mol. The van der Waals surface area contributed by atoms with E-state index in [4.69, 9.17) is 14.6 Å². The zero-order valence-electron chi connectivity index (χ0n) is 16.0. The summed E-state index contributed by atoms with van der Waals surface area (Å²) in [6.45, 7) is 5.87. The quantitative estimate of drug-likeness (QED) is 0.816. The van der Waals surface area contributed by atoms with E-state index in [1.165, 1.54) is 12.4 Å². The Morgan fingerprint density at radius 1 is 1.21 bits per heavy atom. The van der Waals surface area contributed by atoms with Crippen LogP contribution < -0.4 is 0 Å². The number of nitrogens with zero attached hydrogens (tertiary/aromatic N) is 6. The van der Waals surface area contributed by atoms with Gasteiger partial charge in [0.2, 0.25) is 0 Å². The highest BCUT2D eigenvalue weighted by Gasteiger charge is 2.32. The smallest absolute Gasteiger partial charge is 0.300 e. The predicted octanol–water partition coefficient (Wildman–Crippen LogP) is 1.27. The molecule has 28 heavy (non-hydrogen) atoms. The average molecular weight is 388 g/mol. The molecule has 4 heterocycles. The average Bonchev–Trinajstić information content (AvgIpc) is 3.13. The molecule has 1 saturated heterocycles. The van der Waals surface area contributed by atoms with Gasteiger partial charge in [-0.25, -0.2) is 0 Å². The van der Waals surface area contributed by atoms with Gasteiger partial charge in [-0.2, -0.15) is 10.2 Å². The van der Waals surface area contributed by atoms with Crippen molar-refractivity contribution in [2.45, 2.75) is 45.2 Å². The monoisotopic (exact) mass is 388 g/mol. The molecule has 1 atom stereocenters. The highest BCUT2D eigenvalue weighted by atomic mass is 16.5. The number of hydrogen-bond acceptors (Lipinski definition) is 7. The van der Waals surface area contributed by atoms with Crippen LogP contribution in [0.3, 0.4) is 0 Å². The molecule has 0 bridgehead atoms. The van der Waals surface area contributed by atoms with Gasteiger partial charge in [0.25, 0.3) is 11.9 Å². The lowest BCUT2D eigenvalue weighted by Gasteiger charge is -2.34. The molecule has 2 aromatic heterocycles. The molecule has 2 aromatic rings. The standard InChI is InChI=1S/C16H20N6O2.C2H4O2/c1-11-9-21(16(23)13-2-5-17-18-8-13)10-14-19-20-15(22(11)14)12-3-6-24-7-4-12;1-2(3)4/h2,5,8,11-12H,3-4,6-7,9-10H2,1H3;1H3,(H,3,4)/t11-;/m0./s1. The molecule has 4 rings (SSSR count). The number of carboxylic acid groups (broad SMARTS) is 1. The Labute approximate surface area is 162 Å². The zero-order chi connectivity index (χ0) is 20.1. The topological polar surface area (TPSA) is 123 Å². The normalized spacial score (nSPS) is 19.4. The fourth-order valence-electron chi connectivity index (χ4n) is 3.55. The fourth-order valence-corrected chi connectivity index (χ4v) is 3.55. The second-order valence-corrected chi connectivity index (χ2v) is 6.92. The lowest BCUT2D eigenvalue weighted by Crippen LogP contribution is -2.41. The molecule has 0 unspecified atom stereocenters. The molecule has 150 valence electrons. The van der Waals surface area contributed by atoms with Crippen molar-refractivity contribution < 1.29 is 19.4 Å². The number of fused-ring (bicyclic) bond motifs is 1. The Kier molecular flexibility index (Phi) is 6.30. The minimum atomic E-state index is -0.833. The van der Waals surface area contributed by atoms with Crippen LogP contribution in [0.5, 0.6) is 0 Å². The molecule has 2 aliphatic rings. The fraction of sp³-hybridized carbons (Fsp3) is 0.556. The molecule has 10 heteroatoms. The number of amides is 1. The number of aliphatic carboxylic acids is 1. The van der Waals surface area contributed by atoms with E-state index in [-0.39, 0.29) is 11.9 Å². The first-order chi connectivity index (χ1) is 13.5. The molecule has 1 amide bonds. The first-order valence-electron chi connectivity index (χ1n) is 9.24. The minimum absolute atomic E-state index is 0.0429. The third kappa shape index (κ3) is 4.50. The van der Waals surface area contributed by atoms with Crippen molar-refractivity contribution in [3.63, 3.8) is 0 Å². The molecule has 0 spiro atoms. The number of carboxylic acids is 1. The van der Waals surface area contributed by atoms with Gasteiger partial charge in [-0.1, -0.05) is 0 Å². The van der Waals surface area contributed by atoms with Crippen LogP contribution in [-0.4, -0.2) is 66.6 Å². The third-order valence-electron chi connectivity index (χ3n) is 4.76. The van der Waals surface area contributed by atoms with E-state index < -0.39 is 5.97 Å². The summed E-state index contributed by atoms with van der Waals surface area (Å²) in [4.78, 5) is 23.5. The Hall–Kier alpha value is -2.88. The number of rotatable bonds is 2. The van der Waals surface area contributed by atoms with Crippen molar-refractivity contribution in [3.05, 3.63) is 35.7 Å². The van der Waals surface area contributed by atoms with E-state index in [9.17, 15) is 4.79 Å². The maximum atomic E-state index is 12.6. The van der Waals surface area contributed by atoms with Crippen molar-refractivity contribution in [2.24, 2.45) is 0 Å². The van der Waals surface area contributed by atoms with Crippen molar-refractivity contribution in [1.29, 1.82) is 0 Å². The number of ether oxygens (including phenoxy) is 1. The van der Waals surface area contributed by atoms with Crippen molar-refractivity contribution >= 4 is 11.9 Å². The number of carbonyl (C=O) groups is 2. The first kappa shape index (κ1) is 19.9. The first-order valence-corrected chi connectivity index (χ1v) is 9.24. The third-order valence-corrected chi connectivity index (χ3v) is 4.76.